The van der Waals surface area contributed by atoms with Crippen molar-refractivity contribution in [1.82, 2.24) is 9.97 Å². The molecule has 0 radical (unpaired) electrons. The summed E-state index contributed by atoms with van der Waals surface area (Å²) in [4.78, 5) is 18.3. The van der Waals surface area contributed by atoms with Gasteiger partial charge in [-0.2, -0.15) is 0 Å². The fraction of sp³-hybridized carbons (Fsp3) is 0.375. The van der Waals surface area contributed by atoms with Gasteiger partial charge in [0.05, 0.1) is 19.0 Å². The van der Waals surface area contributed by atoms with E-state index in [1.807, 2.05) is 0 Å². The van der Waals surface area contributed by atoms with Crippen LogP contribution >= 0.6 is 11.6 Å². The average molecular weight is 280 g/mol. The molecule has 94 valence electrons. The van der Waals surface area contributed by atoms with Gasteiger partial charge in [0, 0.05) is 0 Å². The molecule has 0 aromatic carbocycles. The minimum atomic E-state index is -3.86. The van der Waals surface area contributed by atoms with Crippen LogP contribution in [0.25, 0.3) is 0 Å². The monoisotopic (exact) mass is 279 g/mol. The lowest BCUT2D eigenvalue weighted by Crippen LogP contribution is -2.24. The summed E-state index contributed by atoms with van der Waals surface area (Å²) in [6.07, 6.45) is 2.43. The van der Waals surface area contributed by atoms with Crippen LogP contribution in [-0.2, 0) is 19.6 Å². The quantitative estimate of drug-likeness (QED) is 0.785. The number of ether oxygens (including phenoxy) is 1. The third-order valence-electron chi connectivity index (χ3n) is 1.48. The summed E-state index contributed by atoms with van der Waals surface area (Å²) < 4.78 is 29.5. The topological polar surface area (TPSA) is 98.2 Å². The van der Waals surface area contributed by atoms with E-state index in [2.05, 4.69) is 19.4 Å². The van der Waals surface area contributed by atoms with E-state index in [1.54, 1.807) is 6.92 Å². The highest BCUT2D eigenvalue weighted by Crippen LogP contribution is 2.08. The lowest BCUT2D eigenvalue weighted by molar-refractivity contribution is -0.139. The molecule has 7 nitrogen and oxygen atoms in total. The largest absolute Gasteiger partial charge is 0.465 e. The summed E-state index contributed by atoms with van der Waals surface area (Å²) in [7, 11) is -3.86. The summed E-state index contributed by atoms with van der Waals surface area (Å²) >= 11 is 5.53. The Labute approximate surface area is 103 Å². The van der Waals surface area contributed by atoms with Crippen LogP contribution in [0.3, 0.4) is 0 Å². The van der Waals surface area contributed by atoms with E-state index >= 15 is 0 Å². The van der Waals surface area contributed by atoms with Crippen LogP contribution in [0.5, 0.6) is 0 Å². The Balaban J connectivity index is 2.70. The summed E-state index contributed by atoms with van der Waals surface area (Å²) in [6.45, 7) is 1.70. The predicted molar refractivity (Wildman–Crippen MR) is 61.1 cm³/mol. The van der Waals surface area contributed by atoms with Gasteiger partial charge in [-0.15, -0.1) is 0 Å². The number of esters is 1. The highest BCUT2D eigenvalue weighted by atomic mass is 35.5. The number of halogens is 1. The van der Waals surface area contributed by atoms with Gasteiger partial charge in [-0.1, -0.05) is 11.6 Å². The maximum atomic E-state index is 11.5. The molecule has 0 saturated heterocycles. The van der Waals surface area contributed by atoms with Crippen molar-refractivity contribution in [2.24, 2.45) is 0 Å². The van der Waals surface area contributed by atoms with Crippen molar-refractivity contribution < 1.29 is 17.9 Å². The van der Waals surface area contributed by atoms with Gasteiger partial charge in [0.1, 0.15) is 5.15 Å². The Morgan fingerprint density at radius 2 is 2.24 bits per heavy atom. The molecule has 17 heavy (non-hydrogen) atoms. The Bertz CT molecular complexity index is 505. The van der Waals surface area contributed by atoms with E-state index < -0.39 is 21.7 Å². The third kappa shape index (κ3) is 4.96. The Kier molecular flexibility index (Phi) is 4.64. The minimum absolute atomic E-state index is 0.0429. The van der Waals surface area contributed by atoms with Crippen LogP contribution in [0.1, 0.15) is 6.92 Å². The van der Waals surface area contributed by atoms with Crippen LogP contribution in [0.4, 0.5) is 5.82 Å². The molecule has 0 bridgehead atoms. The standard InChI is InChI=1S/C8H10ClN3O4S/c1-2-16-8(13)5-17(14,15)12-7-4-10-3-6(9)11-7/h3-4H,2,5H2,1H3,(H,11,12). The SMILES string of the molecule is CCOC(=O)CS(=O)(=O)Nc1cncc(Cl)n1. The zero-order chi connectivity index (χ0) is 12.9. The van der Waals surface area contributed by atoms with Crippen molar-refractivity contribution in [3.05, 3.63) is 17.5 Å². The maximum Gasteiger partial charge on any atom is 0.323 e. The molecule has 0 aliphatic carbocycles. The Morgan fingerprint density at radius 1 is 1.53 bits per heavy atom. The number of carbonyl (C=O) groups excluding carboxylic acids is 1. The number of nitrogens with zero attached hydrogens (tertiary/aromatic N) is 2. The van der Waals surface area contributed by atoms with Gasteiger partial charge in [-0.3, -0.25) is 14.5 Å². The van der Waals surface area contributed by atoms with E-state index in [1.165, 1.54) is 12.4 Å². The zero-order valence-electron chi connectivity index (χ0n) is 8.88. The summed E-state index contributed by atoms with van der Waals surface area (Å²) in [6, 6.07) is 0. The van der Waals surface area contributed by atoms with Crippen molar-refractivity contribution in [1.29, 1.82) is 0 Å². The number of hydrogen-bond donors (Lipinski definition) is 1. The van der Waals surface area contributed by atoms with Crippen LogP contribution in [0.15, 0.2) is 12.4 Å². The van der Waals surface area contributed by atoms with Gasteiger partial charge in [0.25, 0.3) is 0 Å². The number of sulfonamides is 1. The second-order valence-electron chi connectivity index (χ2n) is 2.89. The molecule has 1 rings (SSSR count). The van der Waals surface area contributed by atoms with Crippen LogP contribution in [0, 0.1) is 0 Å². The Hall–Kier alpha value is -1.41. The zero-order valence-corrected chi connectivity index (χ0v) is 10.5. The van der Waals surface area contributed by atoms with Crippen molar-refractivity contribution in [3.8, 4) is 0 Å². The summed E-state index contributed by atoms with van der Waals surface area (Å²) in [5.74, 6) is -1.67. The second-order valence-corrected chi connectivity index (χ2v) is 5.00. The van der Waals surface area contributed by atoms with Gasteiger partial charge in [-0.05, 0) is 6.92 Å². The van der Waals surface area contributed by atoms with Crippen molar-refractivity contribution >= 4 is 33.4 Å². The van der Waals surface area contributed by atoms with Gasteiger partial charge in [0.15, 0.2) is 11.6 Å². The highest BCUT2D eigenvalue weighted by Gasteiger charge is 2.18. The second kappa shape index (κ2) is 5.78. The molecule has 0 atom stereocenters. The third-order valence-corrected chi connectivity index (χ3v) is 2.80. The van der Waals surface area contributed by atoms with Crippen LogP contribution in [-0.4, -0.2) is 36.7 Å². The number of hydrogen-bond acceptors (Lipinski definition) is 6. The number of rotatable bonds is 5. The predicted octanol–water partition coefficient (Wildman–Crippen LogP) is 0.435. The molecule has 0 aliphatic rings. The first-order chi connectivity index (χ1) is 7.93. The molecular formula is C8H10ClN3O4S. The van der Waals surface area contributed by atoms with E-state index in [-0.39, 0.29) is 17.6 Å². The van der Waals surface area contributed by atoms with Gasteiger partial charge < -0.3 is 4.74 Å². The molecule has 0 saturated carbocycles. The van der Waals surface area contributed by atoms with E-state index in [4.69, 9.17) is 11.6 Å². The van der Waals surface area contributed by atoms with Crippen molar-refractivity contribution in [2.45, 2.75) is 6.92 Å². The molecule has 1 N–H and O–H groups in total. The number of anilines is 1. The fourth-order valence-electron chi connectivity index (χ4n) is 0.945. The molecule has 1 aromatic heterocycles. The molecule has 0 fully saturated rings. The molecule has 0 amide bonds. The average Bonchev–Trinajstić information content (AvgIpc) is 2.15. The molecule has 0 aliphatic heterocycles. The van der Waals surface area contributed by atoms with Gasteiger partial charge in [-0.25, -0.2) is 13.4 Å². The molecule has 1 heterocycles. The van der Waals surface area contributed by atoms with Crippen LogP contribution < -0.4 is 4.72 Å². The van der Waals surface area contributed by atoms with Crippen molar-refractivity contribution in [2.75, 3.05) is 17.1 Å². The molecule has 0 spiro atoms. The maximum absolute atomic E-state index is 11.5. The van der Waals surface area contributed by atoms with E-state index in [0.717, 1.165) is 0 Å². The lowest BCUT2D eigenvalue weighted by atomic mass is 10.7. The molecule has 9 heteroatoms. The van der Waals surface area contributed by atoms with Gasteiger partial charge in [0.2, 0.25) is 10.0 Å². The van der Waals surface area contributed by atoms with E-state index in [0.29, 0.717) is 0 Å². The first-order valence-corrected chi connectivity index (χ1v) is 6.59. The molecular weight excluding hydrogens is 270 g/mol. The molecule has 0 unspecified atom stereocenters. The first kappa shape index (κ1) is 13.7. The van der Waals surface area contributed by atoms with E-state index in [9.17, 15) is 13.2 Å². The fourth-order valence-corrected chi connectivity index (χ4v) is 1.97. The lowest BCUT2D eigenvalue weighted by Gasteiger charge is -2.06. The number of aromatic nitrogens is 2. The normalized spacial score (nSPS) is 10.9. The minimum Gasteiger partial charge on any atom is -0.465 e. The summed E-state index contributed by atoms with van der Waals surface area (Å²) in [5.41, 5.74) is 0. The van der Waals surface area contributed by atoms with Gasteiger partial charge >= 0.3 is 5.97 Å². The highest BCUT2D eigenvalue weighted by molar-refractivity contribution is 7.93. The Morgan fingerprint density at radius 3 is 2.82 bits per heavy atom. The molecule has 1 aromatic rings. The smallest absolute Gasteiger partial charge is 0.323 e. The number of nitrogens with one attached hydrogen (secondary N) is 1. The first-order valence-electron chi connectivity index (χ1n) is 4.56. The van der Waals surface area contributed by atoms with Crippen molar-refractivity contribution in [3.63, 3.8) is 0 Å². The van der Waals surface area contributed by atoms with Crippen LogP contribution in [0.2, 0.25) is 5.15 Å². The summed E-state index contributed by atoms with van der Waals surface area (Å²) in [5, 5.41) is 0.0429. The number of carbonyl (C=O) groups is 1.